The van der Waals surface area contributed by atoms with Crippen molar-refractivity contribution in [2.75, 3.05) is 17.2 Å². The second kappa shape index (κ2) is 5.96. The average Bonchev–Trinajstić information content (AvgIpc) is 2.50. The summed E-state index contributed by atoms with van der Waals surface area (Å²) in [5.41, 5.74) is 2.93. The van der Waals surface area contributed by atoms with E-state index < -0.39 is 0 Å². The van der Waals surface area contributed by atoms with Gasteiger partial charge in [0.1, 0.15) is 0 Å². The van der Waals surface area contributed by atoms with Crippen LogP contribution >= 0.6 is 23.2 Å². The Balaban J connectivity index is 1.70. The van der Waals surface area contributed by atoms with Gasteiger partial charge in [-0.2, -0.15) is 0 Å². The summed E-state index contributed by atoms with van der Waals surface area (Å²) in [5.74, 6) is -0.121. The minimum absolute atomic E-state index is 0.0182. The Hall–Kier alpha value is -1.71. The second-order valence-electron chi connectivity index (χ2n) is 5.06. The number of hydrogen-bond acceptors (Lipinski definition) is 2. The van der Waals surface area contributed by atoms with Crippen molar-refractivity contribution in [3.05, 3.63) is 58.1 Å². The minimum atomic E-state index is -0.102. The Kier molecular flexibility index (Phi) is 4.04. The van der Waals surface area contributed by atoms with Crippen molar-refractivity contribution >= 4 is 40.5 Å². The number of carbonyl (C=O) groups excluding carboxylic acids is 1. The van der Waals surface area contributed by atoms with Crippen LogP contribution in [0.3, 0.4) is 0 Å². The molecule has 3 rings (SSSR count). The highest BCUT2D eigenvalue weighted by Gasteiger charge is 2.24. The van der Waals surface area contributed by atoms with Gasteiger partial charge < -0.3 is 10.6 Å². The van der Waals surface area contributed by atoms with Gasteiger partial charge in [-0.05, 0) is 36.2 Å². The van der Waals surface area contributed by atoms with Gasteiger partial charge in [-0.25, -0.2) is 0 Å². The molecule has 3 nitrogen and oxygen atoms in total. The van der Waals surface area contributed by atoms with Crippen LogP contribution in [0.15, 0.2) is 42.5 Å². The van der Waals surface area contributed by atoms with E-state index in [4.69, 9.17) is 23.2 Å². The van der Waals surface area contributed by atoms with E-state index in [0.29, 0.717) is 22.3 Å². The van der Waals surface area contributed by atoms with E-state index in [2.05, 4.69) is 10.6 Å². The molecular weight excluding hydrogens is 307 g/mol. The Morgan fingerprint density at radius 3 is 2.76 bits per heavy atom. The number of amides is 1. The van der Waals surface area contributed by atoms with Gasteiger partial charge in [0.05, 0.1) is 16.0 Å². The molecule has 2 aromatic rings. The molecule has 108 valence electrons. The number of nitrogens with one attached hydrogen (secondary N) is 2. The van der Waals surface area contributed by atoms with E-state index in [0.717, 1.165) is 17.7 Å². The Morgan fingerprint density at radius 2 is 1.95 bits per heavy atom. The Morgan fingerprint density at radius 1 is 1.14 bits per heavy atom. The molecule has 0 saturated heterocycles. The average molecular weight is 321 g/mol. The second-order valence-corrected chi connectivity index (χ2v) is 5.87. The molecule has 0 saturated carbocycles. The van der Waals surface area contributed by atoms with E-state index in [1.54, 1.807) is 18.2 Å². The lowest BCUT2D eigenvalue weighted by molar-refractivity contribution is -0.119. The summed E-state index contributed by atoms with van der Waals surface area (Å²) in [6.45, 7) is 0.629. The maximum absolute atomic E-state index is 12.3. The maximum atomic E-state index is 12.3. The first-order chi connectivity index (χ1) is 10.1. The molecule has 1 unspecified atom stereocenters. The van der Waals surface area contributed by atoms with Gasteiger partial charge in [0.15, 0.2) is 0 Å². The van der Waals surface area contributed by atoms with Crippen molar-refractivity contribution in [1.82, 2.24) is 0 Å². The molecule has 1 aliphatic heterocycles. The third-order valence-corrected chi connectivity index (χ3v) is 4.32. The topological polar surface area (TPSA) is 41.1 Å². The molecular formula is C16H14Cl2N2O. The first kappa shape index (κ1) is 14.2. The summed E-state index contributed by atoms with van der Waals surface area (Å²) in [5, 5.41) is 7.09. The van der Waals surface area contributed by atoms with Gasteiger partial charge in [0, 0.05) is 17.9 Å². The van der Waals surface area contributed by atoms with E-state index in [-0.39, 0.29) is 11.8 Å². The van der Waals surface area contributed by atoms with Gasteiger partial charge in [-0.1, -0.05) is 41.4 Å². The molecule has 1 heterocycles. The lowest BCUT2D eigenvalue weighted by Gasteiger charge is -2.25. The molecule has 21 heavy (non-hydrogen) atoms. The summed E-state index contributed by atoms with van der Waals surface area (Å²) < 4.78 is 0. The molecule has 0 bridgehead atoms. The van der Waals surface area contributed by atoms with Crippen LogP contribution in [0.4, 0.5) is 11.4 Å². The number of para-hydroxylation sites is 1. The predicted molar refractivity (Wildman–Crippen MR) is 87.2 cm³/mol. The highest BCUT2D eigenvalue weighted by molar-refractivity contribution is 6.42. The molecule has 2 aromatic carbocycles. The quantitative estimate of drug-likeness (QED) is 0.870. The summed E-state index contributed by atoms with van der Waals surface area (Å²) in [7, 11) is 0. The van der Waals surface area contributed by atoms with Crippen molar-refractivity contribution in [3.63, 3.8) is 0 Å². The lowest BCUT2D eigenvalue weighted by atomic mass is 9.93. The van der Waals surface area contributed by atoms with Crippen LogP contribution in [-0.2, 0) is 11.2 Å². The van der Waals surface area contributed by atoms with Crippen LogP contribution < -0.4 is 10.6 Å². The van der Waals surface area contributed by atoms with E-state index in [9.17, 15) is 4.79 Å². The van der Waals surface area contributed by atoms with Crippen molar-refractivity contribution in [1.29, 1.82) is 0 Å². The number of halogens is 2. The Labute approximate surface area is 133 Å². The SMILES string of the molecule is O=C(Nc1ccc(Cl)c(Cl)c1)C1CNc2ccccc2C1. The molecule has 2 N–H and O–H groups in total. The molecule has 0 spiro atoms. The molecule has 0 radical (unpaired) electrons. The monoisotopic (exact) mass is 320 g/mol. The van der Waals surface area contributed by atoms with Crippen LogP contribution in [-0.4, -0.2) is 12.5 Å². The molecule has 0 aromatic heterocycles. The highest BCUT2D eigenvalue weighted by Crippen LogP contribution is 2.27. The normalized spacial score (nSPS) is 16.8. The van der Waals surface area contributed by atoms with Crippen LogP contribution in [0.25, 0.3) is 0 Å². The molecule has 1 amide bonds. The molecule has 5 heteroatoms. The zero-order chi connectivity index (χ0) is 14.8. The number of anilines is 2. The molecule has 1 atom stereocenters. The van der Waals surface area contributed by atoms with Crippen LogP contribution in [0, 0.1) is 5.92 Å². The van der Waals surface area contributed by atoms with Crippen LogP contribution in [0.5, 0.6) is 0 Å². The van der Waals surface area contributed by atoms with Crippen LogP contribution in [0.1, 0.15) is 5.56 Å². The zero-order valence-electron chi connectivity index (χ0n) is 11.2. The zero-order valence-corrected chi connectivity index (χ0v) is 12.7. The van der Waals surface area contributed by atoms with Gasteiger partial charge >= 0.3 is 0 Å². The van der Waals surface area contributed by atoms with Crippen LogP contribution in [0.2, 0.25) is 10.0 Å². The Bertz CT molecular complexity index is 688. The first-order valence-electron chi connectivity index (χ1n) is 6.71. The van der Waals surface area contributed by atoms with Gasteiger partial charge in [0.25, 0.3) is 0 Å². The van der Waals surface area contributed by atoms with Crippen molar-refractivity contribution in [2.45, 2.75) is 6.42 Å². The molecule has 0 aliphatic carbocycles. The van der Waals surface area contributed by atoms with Crippen molar-refractivity contribution in [2.24, 2.45) is 5.92 Å². The number of benzene rings is 2. The predicted octanol–water partition coefficient (Wildman–Crippen LogP) is 4.22. The summed E-state index contributed by atoms with van der Waals surface area (Å²) in [4.78, 5) is 12.3. The van der Waals surface area contributed by atoms with E-state index >= 15 is 0 Å². The molecule has 1 aliphatic rings. The number of hydrogen-bond donors (Lipinski definition) is 2. The lowest BCUT2D eigenvalue weighted by Crippen LogP contribution is -2.33. The maximum Gasteiger partial charge on any atom is 0.229 e. The smallest absolute Gasteiger partial charge is 0.229 e. The van der Waals surface area contributed by atoms with Gasteiger partial charge in [-0.15, -0.1) is 0 Å². The fourth-order valence-corrected chi connectivity index (χ4v) is 2.74. The first-order valence-corrected chi connectivity index (χ1v) is 7.47. The molecule has 0 fully saturated rings. The number of fused-ring (bicyclic) bond motifs is 1. The standard InChI is InChI=1S/C16H14Cl2N2O/c17-13-6-5-12(8-14(13)18)20-16(21)11-7-10-3-1-2-4-15(10)19-9-11/h1-6,8,11,19H,7,9H2,(H,20,21). The van der Waals surface area contributed by atoms with Crippen molar-refractivity contribution in [3.8, 4) is 0 Å². The third-order valence-electron chi connectivity index (χ3n) is 3.58. The number of rotatable bonds is 2. The fourth-order valence-electron chi connectivity index (χ4n) is 2.45. The fraction of sp³-hybridized carbons (Fsp3) is 0.188. The third kappa shape index (κ3) is 3.14. The summed E-state index contributed by atoms with van der Waals surface area (Å²) in [6.07, 6.45) is 0.732. The van der Waals surface area contributed by atoms with Gasteiger partial charge in [0.2, 0.25) is 5.91 Å². The summed E-state index contributed by atoms with van der Waals surface area (Å²) in [6, 6.07) is 13.1. The summed E-state index contributed by atoms with van der Waals surface area (Å²) >= 11 is 11.8. The minimum Gasteiger partial charge on any atom is -0.384 e. The van der Waals surface area contributed by atoms with E-state index in [1.165, 1.54) is 0 Å². The van der Waals surface area contributed by atoms with E-state index in [1.807, 2.05) is 24.3 Å². The number of carbonyl (C=O) groups is 1. The highest BCUT2D eigenvalue weighted by atomic mass is 35.5. The van der Waals surface area contributed by atoms with Crippen molar-refractivity contribution < 1.29 is 4.79 Å². The van der Waals surface area contributed by atoms with Gasteiger partial charge in [-0.3, -0.25) is 4.79 Å². The largest absolute Gasteiger partial charge is 0.384 e.